The van der Waals surface area contributed by atoms with Gasteiger partial charge in [0.05, 0.1) is 19.1 Å². The largest absolute Gasteiger partial charge is 0.466 e. The highest BCUT2D eigenvalue weighted by molar-refractivity contribution is 7.53. The van der Waals surface area contributed by atoms with Crippen molar-refractivity contribution in [3.8, 4) is 0 Å². The number of likely N-dealkylation sites (tertiary alicyclic amines) is 1. The van der Waals surface area contributed by atoms with Crippen molar-refractivity contribution in [3.63, 3.8) is 0 Å². The van der Waals surface area contributed by atoms with E-state index >= 15 is 8.78 Å². The minimum atomic E-state index is -4.64. The molecule has 2 aromatic carbocycles. The number of hydrogen-bond donors (Lipinski definition) is 4. The fraction of sp³-hybridized carbons (Fsp3) is 0.538. The number of rotatable bonds is 23. The number of unbranched alkanes of at least 4 members (excludes halogenated alkanes) is 5. The molecule has 0 aromatic heterocycles. The standard InChI is InChI=1S/C39H53F2N2O10P/c1-3-52-35(45)16-10-4-5-13-27-43-32(22-24-34(43)44)21-23-33(39(40,41)31-14-8-6-9-15-31)53-36(46)28-29-17-19-30(20-18-29)37(47)42-26-12-7-11-25-38(2,48)54(49,50)51/h6,8-9,14-15,17-21,23,32-33,48H,3-5,7,10-13,16,22,24-28H2,1-2H3,(H,42,47)(H2,49,50,51)/b23-21+/t32-,33+,38?/m0/s1. The summed E-state index contributed by atoms with van der Waals surface area (Å²) in [5.41, 5.74) is 0.410. The van der Waals surface area contributed by atoms with Crippen molar-refractivity contribution in [2.75, 3.05) is 19.7 Å². The first-order chi connectivity index (χ1) is 25.5. The normalized spacial score (nSPS) is 16.6. The number of esters is 2. The van der Waals surface area contributed by atoms with E-state index in [1.54, 1.807) is 17.9 Å². The highest BCUT2D eigenvalue weighted by atomic mass is 31.2. The second-order valence-electron chi connectivity index (χ2n) is 13.6. The van der Waals surface area contributed by atoms with Gasteiger partial charge in [0.2, 0.25) is 5.91 Å². The average molecular weight is 779 g/mol. The zero-order valence-electron chi connectivity index (χ0n) is 31.0. The lowest BCUT2D eigenvalue weighted by molar-refractivity contribution is -0.167. The maximum atomic E-state index is 15.9. The van der Waals surface area contributed by atoms with E-state index in [1.165, 1.54) is 54.6 Å². The predicted molar refractivity (Wildman–Crippen MR) is 197 cm³/mol. The van der Waals surface area contributed by atoms with Crippen molar-refractivity contribution in [1.82, 2.24) is 10.2 Å². The molecule has 4 N–H and O–H groups in total. The maximum Gasteiger partial charge on any atom is 0.356 e. The molecule has 298 valence electrons. The van der Waals surface area contributed by atoms with Crippen molar-refractivity contribution in [2.45, 2.75) is 114 Å². The molecule has 1 heterocycles. The van der Waals surface area contributed by atoms with Crippen molar-refractivity contribution in [3.05, 3.63) is 83.4 Å². The monoisotopic (exact) mass is 778 g/mol. The Balaban J connectivity index is 1.56. The van der Waals surface area contributed by atoms with E-state index in [1.807, 2.05) is 0 Å². The molecule has 3 rings (SSSR count). The Labute approximate surface area is 315 Å². The summed E-state index contributed by atoms with van der Waals surface area (Å²) < 4.78 is 53.4. The molecule has 2 aromatic rings. The van der Waals surface area contributed by atoms with Crippen LogP contribution in [0.2, 0.25) is 0 Å². The molecule has 1 saturated heterocycles. The highest BCUT2D eigenvalue weighted by Crippen LogP contribution is 2.51. The Bertz CT molecular complexity index is 1600. The molecule has 15 heteroatoms. The number of halogens is 2. The summed E-state index contributed by atoms with van der Waals surface area (Å²) in [6, 6.07) is 12.7. The number of aliphatic hydroxyl groups is 1. The van der Waals surface area contributed by atoms with E-state index in [-0.39, 0.29) is 42.6 Å². The molecule has 0 spiro atoms. The van der Waals surface area contributed by atoms with Gasteiger partial charge in [-0.2, -0.15) is 8.78 Å². The Hall–Kier alpha value is -3.97. The molecule has 0 aliphatic carbocycles. The first-order valence-electron chi connectivity index (χ1n) is 18.5. The Kier molecular flexibility index (Phi) is 17.4. The number of carbonyl (C=O) groups is 4. The number of carbonyl (C=O) groups excluding carboxylic acids is 4. The van der Waals surface area contributed by atoms with Crippen LogP contribution in [0.4, 0.5) is 8.78 Å². The van der Waals surface area contributed by atoms with Gasteiger partial charge in [0, 0.05) is 37.1 Å². The van der Waals surface area contributed by atoms with Crippen molar-refractivity contribution < 1.29 is 56.9 Å². The Morgan fingerprint density at radius 2 is 1.65 bits per heavy atom. The molecule has 1 unspecified atom stereocenters. The lowest BCUT2D eigenvalue weighted by Gasteiger charge is -2.27. The Morgan fingerprint density at radius 3 is 2.31 bits per heavy atom. The number of benzene rings is 2. The van der Waals surface area contributed by atoms with E-state index in [4.69, 9.17) is 9.47 Å². The second kappa shape index (κ2) is 21.2. The molecule has 0 bridgehead atoms. The number of alkyl halides is 2. The highest BCUT2D eigenvalue weighted by Gasteiger charge is 2.43. The molecule has 1 aliphatic heterocycles. The van der Waals surface area contributed by atoms with Gasteiger partial charge < -0.3 is 34.6 Å². The molecular formula is C39H53F2N2O10P. The van der Waals surface area contributed by atoms with Crippen LogP contribution in [0, 0.1) is 0 Å². The molecule has 3 atom stereocenters. The fourth-order valence-corrected chi connectivity index (χ4v) is 6.46. The van der Waals surface area contributed by atoms with Crippen LogP contribution in [0.25, 0.3) is 0 Å². The summed E-state index contributed by atoms with van der Waals surface area (Å²) >= 11 is 0. The quantitative estimate of drug-likeness (QED) is 0.0441. The molecule has 54 heavy (non-hydrogen) atoms. The number of ether oxygens (including phenoxy) is 2. The fourth-order valence-electron chi connectivity index (χ4n) is 6.01. The zero-order chi connectivity index (χ0) is 39.8. The van der Waals surface area contributed by atoms with Gasteiger partial charge in [0.1, 0.15) is 0 Å². The number of hydrogen-bond acceptors (Lipinski definition) is 8. The molecule has 12 nitrogen and oxygen atoms in total. The molecular weight excluding hydrogens is 725 g/mol. The van der Waals surface area contributed by atoms with Crippen LogP contribution in [0.15, 0.2) is 66.7 Å². The van der Waals surface area contributed by atoms with Crippen LogP contribution in [0.5, 0.6) is 0 Å². The number of amides is 2. The molecule has 2 amide bonds. The molecule has 1 aliphatic rings. The van der Waals surface area contributed by atoms with Crippen LogP contribution >= 0.6 is 7.60 Å². The third-order valence-corrected chi connectivity index (χ3v) is 10.8. The van der Waals surface area contributed by atoms with Gasteiger partial charge in [-0.1, -0.05) is 67.8 Å². The molecule has 0 saturated carbocycles. The topological polar surface area (TPSA) is 180 Å². The van der Waals surface area contributed by atoms with Gasteiger partial charge in [-0.05, 0) is 76.1 Å². The van der Waals surface area contributed by atoms with E-state index < -0.39 is 37.0 Å². The lowest BCUT2D eigenvalue weighted by Crippen LogP contribution is -2.36. The van der Waals surface area contributed by atoms with Gasteiger partial charge in [0.15, 0.2) is 11.4 Å². The van der Waals surface area contributed by atoms with Gasteiger partial charge in [-0.3, -0.25) is 23.7 Å². The lowest BCUT2D eigenvalue weighted by atomic mass is 10.0. The zero-order valence-corrected chi connectivity index (χ0v) is 31.9. The predicted octanol–water partition coefficient (Wildman–Crippen LogP) is 6.17. The maximum absolute atomic E-state index is 15.9. The minimum absolute atomic E-state index is 0.0806. The van der Waals surface area contributed by atoms with Crippen LogP contribution in [-0.2, 0) is 40.8 Å². The summed E-state index contributed by atoms with van der Waals surface area (Å²) in [6.45, 7) is 3.91. The first kappa shape index (κ1) is 44.4. The van der Waals surface area contributed by atoms with Crippen molar-refractivity contribution in [2.24, 2.45) is 0 Å². The Morgan fingerprint density at radius 1 is 0.981 bits per heavy atom. The van der Waals surface area contributed by atoms with Crippen molar-refractivity contribution in [1.29, 1.82) is 0 Å². The van der Waals surface area contributed by atoms with Gasteiger partial charge in [-0.15, -0.1) is 0 Å². The third-order valence-electron chi connectivity index (χ3n) is 9.30. The summed E-state index contributed by atoms with van der Waals surface area (Å²) in [6.07, 6.45) is 5.69. The molecule has 1 fully saturated rings. The average Bonchev–Trinajstić information content (AvgIpc) is 3.47. The third kappa shape index (κ3) is 14.0. The van der Waals surface area contributed by atoms with Crippen LogP contribution in [-0.4, -0.2) is 80.7 Å². The second-order valence-corrected chi connectivity index (χ2v) is 15.7. The van der Waals surface area contributed by atoms with E-state index in [0.717, 1.165) is 25.8 Å². The SMILES string of the molecule is CCOC(=O)CCCCCCN1C(=O)CC[C@@H]1/C=C/[C@@H](OC(=O)Cc1ccc(C(=O)NCCCCCC(C)(O)P(=O)(O)O)cc1)C(F)(F)c1ccccc1. The van der Waals surface area contributed by atoms with E-state index in [9.17, 15) is 38.6 Å². The van der Waals surface area contributed by atoms with Gasteiger partial charge in [-0.25, -0.2) is 0 Å². The number of nitrogens with zero attached hydrogens (tertiary/aromatic N) is 1. The van der Waals surface area contributed by atoms with Crippen LogP contribution in [0.3, 0.4) is 0 Å². The van der Waals surface area contributed by atoms with E-state index in [0.29, 0.717) is 75.8 Å². The van der Waals surface area contributed by atoms with E-state index in [2.05, 4.69) is 5.32 Å². The molecule has 0 radical (unpaired) electrons. The number of nitrogens with one attached hydrogen (secondary N) is 1. The first-order valence-corrected chi connectivity index (χ1v) is 20.1. The van der Waals surface area contributed by atoms with Gasteiger partial charge in [0.25, 0.3) is 5.91 Å². The smallest absolute Gasteiger partial charge is 0.356 e. The summed E-state index contributed by atoms with van der Waals surface area (Å²) in [7, 11) is -4.64. The summed E-state index contributed by atoms with van der Waals surface area (Å²) in [5, 5.41) is 10.5. The summed E-state index contributed by atoms with van der Waals surface area (Å²) in [5.74, 6) is -5.19. The minimum Gasteiger partial charge on any atom is -0.466 e. The van der Waals surface area contributed by atoms with Crippen LogP contribution in [0.1, 0.15) is 106 Å². The van der Waals surface area contributed by atoms with Crippen LogP contribution < -0.4 is 5.32 Å². The van der Waals surface area contributed by atoms with Crippen molar-refractivity contribution >= 4 is 31.3 Å². The van der Waals surface area contributed by atoms with Gasteiger partial charge >= 0.3 is 25.5 Å². The summed E-state index contributed by atoms with van der Waals surface area (Å²) in [4.78, 5) is 69.9.